The van der Waals surface area contributed by atoms with Crippen LogP contribution in [0.3, 0.4) is 0 Å². The van der Waals surface area contributed by atoms with Gasteiger partial charge in [0.25, 0.3) is 0 Å². The quantitative estimate of drug-likeness (QED) is 0.466. The average Bonchev–Trinajstić information content (AvgIpc) is 3.23. The van der Waals surface area contributed by atoms with Crippen LogP contribution < -0.4 is 5.73 Å². The molecule has 0 aliphatic carbocycles. The van der Waals surface area contributed by atoms with Crippen molar-refractivity contribution in [1.82, 2.24) is 0 Å². The van der Waals surface area contributed by atoms with E-state index in [-0.39, 0.29) is 21.7 Å². The Morgan fingerprint density at radius 1 is 0.958 bits per heavy atom. The molecule has 0 saturated carbocycles. The van der Waals surface area contributed by atoms with Gasteiger partial charge in [-0.15, -0.1) is 5.56 Å². The zero-order chi connectivity index (χ0) is 17.2. The van der Waals surface area contributed by atoms with Gasteiger partial charge in [0.1, 0.15) is 0 Å². The van der Waals surface area contributed by atoms with Gasteiger partial charge in [-0.05, 0) is 6.54 Å². The van der Waals surface area contributed by atoms with Gasteiger partial charge < -0.3 is 5.73 Å². The number of hydrogen-bond donors (Lipinski definition) is 1. The molecule has 3 aromatic carbocycles. The van der Waals surface area contributed by atoms with E-state index >= 15 is 0 Å². The minimum Gasteiger partial charge on any atom is -0.328 e. The number of nitrogens with two attached hydrogens (primary N) is 1. The molecule has 3 aromatic rings. The molecule has 0 aromatic heterocycles. The van der Waals surface area contributed by atoms with Gasteiger partial charge >= 0.3 is 21.7 Å². The summed E-state index contributed by atoms with van der Waals surface area (Å²) in [4.78, 5) is 0. The van der Waals surface area contributed by atoms with E-state index in [2.05, 4.69) is 40.7 Å². The first-order chi connectivity index (χ1) is 11.0. The first-order valence-electron chi connectivity index (χ1n) is 8.00. The zero-order valence-electron chi connectivity index (χ0n) is 15.5. The summed E-state index contributed by atoms with van der Waals surface area (Å²) in [5.41, 5.74) is 13.8. The molecule has 24 heavy (non-hydrogen) atoms. The summed E-state index contributed by atoms with van der Waals surface area (Å²) in [5.74, 6) is 0. The second-order valence-electron chi connectivity index (χ2n) is 5.70. The van der Waals surface area contributed by atoms with Gasteiger partial charge in [-0.1, -0.05) is 34.6 Å². The Bertz CT molecular complexity index is 566. The van der Waals surface area contributed by atoms with Crippen molar-refractivity contribution in [1.29, 1.82) is 0 Å². The van der Waals surface area contributed by atoms with Crippen LogP contribution in [-0.2, 0) is 28.3 Å². The number of benzene rings is 1. The minimum absolute atomic E-state index is 0. The van der Waals surface area contributed by atoms with Gasteiger partial charge in [-0.2, -0.15) is 76.3 Å². The molecule has 0 atom stereocenters. The van der Waals surface area contributed by atoms with Crippen molar-refractivity contribution < 1.29 is 21.7 Å². The zero-order valence-corrected chi connectivity index (χ0v) is 17.0. The number of rotatable bonds is 1. The third kappa shape index (κ3) is 7.01. The maximum absolute atomic E-state index is 5.34. The predicted molar refractivity (Wildman–Crippen MR) is 101 cm³/mol. The topological polar surface area (TPSA) is 26.0 Å². The molecule has 1 nitrogen and oxygen atoms in total. The number of hydrogen-bond acceptors (Lipinski definition) is 1. The fourth-order valence-corrected chi connectivity index (χ4v) is 2.28. The molecule has 0 aliphatic rings. The van der Waals surface area contributed by atoms with Crippen LogP contribution in [0.4, 0.5) is 0 Å². The molecule has 3 rings (SSSR count). The van der Waals surface area contributed by atoms with Crippen molar-refractivity contribution in [3.05, 3.63) is 94.0 Å². The normalized spacial score (nSPS) is 9.08. The van der Waals surface area contributed by atoms with Crippen molar-refractivity contribution in [3.8, 4) is 0 Å². The minimum atomic E-state index is 0. The van der Waals surface area contributed by atoms with E-state index < -0.39 is 0 Å². The summed E-state index contributed by atoms with van der Waals surface area (Å²) in [6.07, 6.45) is 0. The third-order valence-corrected chi connectivity index (χ3v) is 4.39. The van der Waals surface area contributed by atoms with Gasteiger partial charge in [-0.25, -0.2) is 12.1 Å². The van der Waals surface area contributed by atoms with Crippen LogP contribution in [-0.4, -0.2) is 0 Å². The van der Waals surface area contributed by atoms with Crippen LogP contribution in [0.5, 0.6) is 0 Å². The van der Waals surface area contributed by atoms with Crippen LogP contribution in [0.2, 0.25) is 0 Å². The third-order valence-electron chi connectivity index (χ3n) is 4.39. The Morgan fingerprint density at radius 3 is 1.62 bits per heavy atom. The largest absolute Gasteiger partial charge is 3.00 e. The van der Waals surface area contributed by atoms with E-state index in [0.717, 1.165) is 5.56 Å². The van der Waals surface area contributed by atoms with Crippen LogP contribution in [0.1, 0.15) is 33.4 Å². The fraction of sp³-hybridized carbons (Fsp3) is 0.273. The van der Waals surface area contributed by atoms with Crippen molar-refractivity contribution in [3.63, 3.8) is 0 Å². The van der Waals surface area contributed by atoms with Crippen molar-refractivity contribution in [2.24, 2.45) is 5.73 Å². The molecule has 0 amide bonds. The van der Waals surface area contributed by atoms with Crippen molar-refractivity contribution in [2.75, 3.05) is 0 Å². The fourth-order valence-electron chi connectivity index (χ4n) is 2.28. The Kier molecular flexibility index (Phi) is 11.3. The standard InChI is InChI=1S/C10H15.C7H8N.C5H5.Ti/c1-6-7(2)9(4)10(5)8(6)3;8-6-7-4-2-1-3-5-7;1-2-4-5-3-1;/h1-5H3;2-5H,6,8H2;1-5H;/q3*-1;+3. The summed E-state index contributed by atoms with van der Waals surface area (Å²) in [7, 11) is 0. The maximum atomic E-state index is 5.34. The SMILES string of the molecule is Cc1c(C)c(C)[c-](C)c1C.NCc1cc[c-]cc1.[Ti+3].c1cc[cH-]c1. The first-order valence-corrected chi connectivity index (χ1v) is 8.00. The Labute approximate surface area is 162 Å². The summed E-state index contributed by atoms with van der Waals surface area (Å²) < 4.78 is 0. The van der Waals surface area contributed by atoms with E-state index in [4.69, 9.17) is 5.73 Å². The van der Waals surface area contributed by atoms with Gasteiger partial charge in [0.15, 0.2) is 0 Å². The second-order valence-corrected chi connectivity index (χ2v) is 5.70. The van der Waals surface area contributed by atoms with Crippen molar-refractivity contribution in [2.45, 2.75) is 41.2 Å². The van der Waals surface area contributed by atoms with E-state index in [0.29, 0.717) is 6.54 Å². The molecule has 2 heteroatoms. The molecule has 0 heterocycles. The predicted octanol–water partition coefficient (Wildman–Crippen LogP) is 5.30. The van der Waals surface area contributed by atoms with Crippen LogP contribution in [0.25, 0.3) is 0 Å². The Morgan fingerprint density at radius 2 is 1.42 bits per heavy atom. The maximum Gasteiger partial charge on any atom is 3.00 e. The summed E-state index contributed by atoms with van der Waals surface area (Å²) >= 11 is 0. The van der Waals surface area contributed by atoms with Gasteiger partial charge in [0, 0.05) is 0 Å². The first kappa shape index (κ1) is 22.6. The molecule has 0 bridgehead atoms. The van der Waals surface area contributed by atoms with Crippen LogP contribution >= 0.6 is 0 Å². The van der Waals surface area contributed by atoms with E-state index in [1.807, 2.05) is 54.6 Å². The molecular formula is C22H28NTi. The average molecular weight is 354 g/mol. The van der Waals surface area contributed by atoms with Gasteiger partial charge in [0.05, 0.1) is 0 Å². The van der Waals surface area contributed by atoms with E-state index in [1.54, 1.807) is 0 Å². The van der Waals surface area contributed by atoms with Crippen LogP contribution in [0.15, 0.2) is 54.6 Å². The van der Waals surface area contributed by atoms with E-state index in [1.165, 1.54) is 27.8 Å². The van der Waals surface area contributed by atoms with Gasteiger partial charge in [-0.3, -0.25) is 0 Å². The summed E-state index contributed by atoms with van der Waals surface area (Å²) in [6.45, 7) is 11.6. The Balaban J connectivity index is 0.000000340. The molecule has 0 aliphatic heterocycles. The van der Waals surface area contributed by atoms with Crippen LogP contribution in [0, 0.1) is 40.7 Å². The molecule has 0 saturated heterocycles. The summed E-state index contributed by atoms with van der Waals surface area (Å²) in [6, 6.07) is 20.6. The van der Waals surface area contributed by atoms with Crippen molar-refractivity contribution >= 4 is 0 Å². The second kappa shape index (κ2) is 12.0. The monoisotopic (exact) mass is 354 g/mol. The molecule has 0 fully saturated rings. The molecule has 2 N–H and O–H groups in total. The summed E-state index contributed by atoms with van der Waals surface area (Å²) in [5, 5.41) is 0. The van der Waals surface area contributed by atoms with E-state index in [9.17, 15) is 0 Å². The molecule has 0 spiro atoms. The molecule has 1 radical (unpaired) electrons. The molecule has 125 valence electrons. The molecule has 0 unspecified atom stereocenters. The van der Waals surface area contributed by atoms with Gasteiger partial charge in [0.2, 0.25) is 0 Å². The molecular weight excluding hydrogens is 326 g/mol. The Hall–Kier alpha value is -1.41. The smallest absolute Gasteiger partial charge is 0.328 e.